The van der Waals surface area contributed by atoms with Crippen LogP contribution in [0.1, 0.15) is 10.4 Å². The van der Waals surface area contributed by atoms with E-state index >= 15 is 0 Å². The third-order valence-corrected chi connectivity index (χ3v) is 3.56. The number of benzene rings is 1. The second-order valence-electron chi connectivity index (χ2n) is 3.66. The van der Waals surface area contributed by atoms with E-state index in [1.165, 1.54) is 6.08 Å². The zero-order valence-corrected chi connectivity index (χ0v) is 11.2. The highest BCUT2D eigenvalue weighted by Gasteiger charge is 2.00. The highest BCUT2D eigenvalue weighted by atomic mass is 35.5. The Morgan fingerprint density at radius 3 is 2.83 bits per heavy atom. The summed E-state index contributed by atoms with van der Waals surface area (Å²) in [5, 5.41) is 5.44. The first-order valence-electron chi connectivity index (χ1n) is 5.48. The van der Waals surface area contributed by atoms with Gasteiger partial charge in [0.25, 0.3) is 0 Å². The van der Waals surface area contributed by atoms with Gasteiger partial charge in [0.05, 0.1) is 0 Å². The second-order valence-corrected chi connectivity index (χ2v) is 5.04. The molecular formula is C14H12ClNOS. The van der Waals surface area contributed by atoms with Crippen molar-refractivity contribution >= 4 is 34.9 Å². The number of rotatable bonds is 4. The van der Waals surface area contributed by atoms with Gasteiger partial charge in [-0.05, 0) is 29.2 Å². The Kier molecular flexibility index (Phi) is 4.56. The summed E-state index contributed by atoms with van der Waals surface area (Å²) in [7, 11) is 0. The monoisotopic (exact) mass is 277 g/mol. The van der Waals surface area contributed by atoms with Crippen LogP contribution in [0, 0.1) is 0 Å². The molecule has 0 fully saturated rings. The number of carbonyl (C=O) groups excluding carboxylic acids is 1. The maximum atomic E-state index is 11.6. The molecule has 2 aromatic rings. The van der Waals surface area contributed by atoms with Gasteiger partial charge in [0.15, 0.2) is 0 Å². The Labute approximate surface area is 115 Å². The molecule has 1 amide bonds. The summed E-state index contributed by atoms with van der Waals surface area (Å²) in [6.07, 6.45) is 3.33. The number of nitrogens with one attached hydrogen (secondary N) is 1. The quantitative estimate of drug-likeness (QED) is 0.848. The molecule has 1 aromatic heterocycles. The minimum absolute atomic E-state index is 0.122. The lowest BCUT2D eigenvalue weighted by Gasteiger charge is -2.04. The van der Waals surface area contributed by atoms with E-state index in [-0.39, 0.29) is 5.91 Å². The van der Waals surface area contributed by atoms with Gasteiger partial charge in [0.1, 0.15) is 0 Å². The molecule has 0 spiro atoms. The average Bonchev–Trinajstić information content (AvgIpc) is 2.88. The molecular weight excluding hydrogens is 266 g/mol. The molecule has 18 heavy (non-hydrogen) atoms. The van der Waals surface area contributed by atoms with Crippen molar-refractivity contribution in [3.05, 3.63) is 63.3 Å². The van der Waals surface area contributed by atoms with Gasteiger partial charge in [-0.25, -0.2) is 0 Å². The molecule has 0 saturated heterocycles. The summed E-state index contributed by atoms with van der Waals surface area (Å²) in [5.74, 6) is -0.122. The molecule has 1 N–H and O–H groups in total. The highest BCUT2D eigenvalue weighted by molar-refractivity contribution is 7.10. The van der Waals surface area contributed by atoms with Crippen LogP contribution in [0.2, 0.25) is 5.02 Å². The summed E-state index contributed by atoms with van der Waals surface area (Å²) in [5.41, 5.74) is 0.914. The lowest BCUT2D eigenvalue weighted by atomic mass is 10.2. The topological polar surface area (TPSA) is 29.1 Å². The molecule has 0 bridgehead atoms. The molecule has 0 unspecified atom stereocenters. The van der Waals surface area contributed by atoms with Gasteiger partial charge < -0.3 is 5.32 Å². The first-order chi connectivity index (χ1) is 8.75. The van der Waals surface area contributed by atoms with E-state index in [1.807, 2.05) is 41.8 Å². The van der Waals surface area contributed by atoms with Gasteiger partial charge in [0, 0.05) is 22.5 Å². The standard InChI is InChI=1S/C14H12ClNOS/c15-13-6-2-1-4-11(13)10-16-14(17)8-7-12-5-3-9-18-12/h1-9H,10H2,(H,16,17). The molecule has 92 valence electrons. The van der Waals surface area contributed by atoms with Crippen molar-refractivity contribution in [1.29, 1.82) is 0 Å². The first-order valence-corrected chi connectivity index (χ1v) is 6.74. The number of amides is 1. The maximum Gasteiger partial charge on any atom is 0.244 e. The van der Waals surface area contributed by atoms with E-state index in [4.69, 9.17) is 11.6 Å². The van der Waals surface area contributed by atoms with Crippen LogP contribution < -0.4 is 5.32 Å². The predicted molar refractivity (Wildman–Crippen MR) is 76.7 cm³/mol. The molecule has 0 aliphatic heterocycles. The van der Waals surface area contributed by atoms with Crippen molar-refractivity contribution in [2.75, 3.05) is 0 Å². The third kappa shape index (κ3) is 3.72. The Balaban J connectivity index is 1.87. The third-order valence-electron chi connectivity index (χ3n) is 2.35. The van der Waals surface area contributed by atoms with E-state index in [2.05, 4.69) is 5.32 Å². The van der Waals surface area contributed by atoms with Gasteiger partial charge in [-0.1, -0.05) is 35.9 Å². The molecule has 2 nitrogen and oxygen atoms in total. The van der Waals surface area contributed by atoms with Gasteiger partial charge >= 0.3 is 0 Å². The minimum atomic E-state index is -0.122. The Bertz CT molecular complexity index is 549. The Morgan fingerprint density at radius 1 is 1.28 bits per heavy atom. The van der Waals surface area contributed by atoms with E-state index in [1.54, 1.807) is 17.4 Å². The van der Waals surface area contributed by atoms with Crippen molar-refractivity contribution in [2.24, 2.45) is 0 Å². The van der Waals surface area contributed by atoms with Gasteiger partial charge in [-0.3, -0.25) is 4.79 Å². The molecule has 0 saturated carbocycles. The van der Waals surface area contributed by atoms with Crippen molar-refractivity contribution < 1.29 is 4.79 Å². The molecule has 1 heterocycles. The molecule has 0 atom stereocenters. The zero-order valence-electron chi connectivity index (χ0n) is 9.60. The van der Waals surface area contributed by atoms with Crippen LogP contribution in [0.15, 0.2) is 47.9 Å². The smallest absolute Gasteiger partial charge is 0.244 e. The molecule has 1 aromatic carbocycles. The molecule has 4 heteroatoms. The largest absolute Gasteiger partial charge is 0.348 e. The molecule has 0 aliphatic carbocycles. The van der Waals surface area contributed by atoms with Crippen LogP contribution in [0.5, 0.6) is 0 Å². The Morgan fingerprint density at radius 2 is 2.11 bits per heavy atom. The fraction of sp³-hybridized carbons (Fsp3) is 0.0714. The van der Waals surface area contributed by atoms with Crippen LogP contribution in [0.4, 0.5) is 0 Å². The van der Waals surface area contributed by atoms with Crippen LogP contribution in [0.3, 0.4) is 0 Å². The van der Waals surface area contributed by atoms with Crippen molar-refractivity contribution in [3.63, 3.8) is 0 Å². The fourth-order valence-corrected chi connectivity index (χ4v) is 2.25. The molecule has 0 aliphatic rings. The van der Waals surface area contributed by atoms with E-state index in [0.717, 1.165) is 10.4 Å². The first kappa shape index (κ1) is 12.9. The fourth-order valence-electron chi connectivity index (χ4n) is 1.43. The average molecular weight is 278 g/mol. The summed E-state index contributed by atoms with van der Waals surface area (Å²) in [4.78, 5) is 12.6. The summed E-state index contributed by atoms with van der Waals surface area (Å²) < 4.78 is 0. The second kappa shape index (κ2) is 6.38. The Hall–Kier alpha value is -1.58. The van der Waals surface area contributed by atoms with Crippen LogP contribution >= 0.6 is 22.9 Å². The minimum Gasteiger partial charge on any atom is -0.348 e. The zero-order chi connectivity index (χ0) is 12.8. The van der Waals surface area contributed by atoms with E-state index < -0.39 is 0 Å². The molecule has 2 rings (SSSR count). The van der Waals surface area contributed by atoms with E-state index in [0.29, 0.717) is 11.6 Å². The van der Waals surface area contributed by atoms with Crippen molar-refractivity contribution in [1.82, 2.24) is 5.32 Å². The van der Waals surface area contributed by atoms with Crippen LogP contribution in [-0.2, 0) is 11.3 Å². The summed E-state index contributed by atoms with van der Waals surface area (Å²) in [6.45, 7) is 0.438. The maximum absolute atomic E-state index is 11.6. The van der Waals surface area contributed by atoms with Crippen LogP contribution in [-0.4, -0.2) is 5.91 Å². The number of hydrogen-bond donors (Lipinski definition) is 1. The number of thiophene rings is 1. The highest BCUT2D eigenvalue weighted by Crippen LogP contribution is 2.14. The normalized spacial score (nSPS) is 10.7. The number of halogens is 1. The molecule has 0 radical (unpaired) electrons. The summed E-state index contributed by atoms with van der Waals surface area (Å²) >= 11 is 7.59. The van der Waals surface area contributed by atoms with Gasteiger partial charge in [-0.2, -0.15) is 0 Å². The van der Waals surface area contributed by atoms with Gasteiger partial charge in [0.2, 0.25) is 5.91 Å². The predicted octanol–water partition coefficient (Wildman–Crippen LogP) is 3.73. The lowest BCUT2D eigenvalue weighted by Crippen LogP contribution is -2.20. The number of carbonyl (C=O) groups is 1. The van der Waals surface area contributed by atoms with Crippen molar-refractivity contribution in [3.8, 4) is 0 Å². The van der Waals surface area contributed by atoms with Gasteiger partial charge in [-0.15, -0.1) is 11.3 Å². The van der Waals surface area contributed by atoms with Crippen molar-refractivity contribution in [2.45, 2.75) is 6.54 Å². The van der Waals surface area contributed by atoms with Crippen LogP contribution in [0.25, 0.3) is 6.08 Å². The number of hydrogen-bond acceptors (Lipinski definition) is 2. The van der Waals surface area contributed by atoms with E-state index in [9.17, 15) is 4.79 Å². The SMILES string of the molecule is O=C(C=Cc1cccs1)NCc1ccccc1Cl. The lowest BCUT2D eigenvalue weighted by molar-refractivity contribution is -0.116. The summed E-state index contributed by atoms with van der Waals surface area (Å²) in [6, 6.07) is 11.4.